The van der Waals surface area contributed by atoms with E-state index in [9.17, 15) is 9.59 Å². The quantitative estimate of drug-likeness (QED) is 0.890. The van der Waals surface area contributed by atoms with Crippen molar-refractivity contribution in [1.29, 1.82) is 0 Å². The van der Waals surface area contributed by atoms with E-state index in [1.807, 2.05) is 36.4 Å². The molecule has 2 heterocycles. The van der Waals surface area contributed by atoms with E-state index in [1.54, 1.807) is 31.9 Å². The normalized spacial score (nSPS) is 13.5. The summed E-state index contributed by atoms with van der Waals surface area (Å²) >= 11 is 1.52. The minimum atomic E-state index is -0.563. The van der Waals surface area contributed by atoms with Gasteiger partial charge in [0.25, 0.3) is 5.91 Å². The monoisotopic (exact) mass is 371 g/mol. The van der Waals surface area contributed by atoms with E-state index in [2.05, 4.69) is 10.3 Å². The first-order valence-corrected chi connectivity index (χ1v) is 9.17. The summed E-state index contributed by atoms with van der Waals surface area (Å²) in [5.41, 5.74) is 0.0689. The fraction of sp³-hybridized carbons (Fsp3) is 0.316. The topological polar surface area (TPSA) is 71.5 Å². The molecule has 3 rings (SSSR count). The second-order valence-electron chi connectivity index (χ2n) is 6.81. The van der Waals surface area contributed by atoms with Crippen LogP contribution in [-0.2, 0) is 4.74 Å². The highest BCUT2D eigenvalue weighted by Crippen LogP contribution is 2.39. The van der Waals surface area contributed by atoms with Crippen LogP contribution < -0.4 is 10.2 Å². The van der Waals surface area contributed by atoms with Gasteiger partial charge in [-0.1, -0.05) is 23.9 Å². The third kappa shape index (κ3) is 4.16. The number of alkyl carbamates (subject to hydrolysis) is 1. The molecule has 7 heteroatoms. The summed E-state index contributed by atoms with van der Waals surface area (Å²) in [5.74, 6) is 0.473. The van der Waals surface area contributed by atoms with Crippen molar-refractivity contribution in [2.75, 3.05) is 18.0 Å². The van der Waals surface area contributed by atoms with E-state index in [4.69, 9.17) is 4.74 Å². The smallest absolute Gasteiger partial charge is 0.407 e. The number of rotatable bonds is 3. The van der Waals surface area contributed by atoms with E-state index >= 15 is 0 Å². The van der Waals surface area contributed by atoms with Crippen LogP contribution in [0.4, 0.5) is 10.6 Å². The largest absolute Gasteiger partial charge is 0.444 e. The molecule has 1 aliphatic heterocycles. The highest BCUT2D eigenvalue weighted by Gasteiger charge is 2.28. The van der Waals surface area contributed by atoms with Gasteiger partial charge in [0.2, 0.25) is 0 Å². The number of carbonyl (C=O) groups excluding carboxylic acids is 2. The molecule has 1 aliphatic rings. The van der Waals surface area contributed by atoms with Crippen molar-refractivity contribution in [1.82, 2.24) is 10.3 Å². The number of ether oxygens (including phenoxy) is 1. The number of benzene rings is 1. The lowest BCUT2D eigenvalue weighted by Crippen LogP contribution is -2.40. The first-order chi connectivity index (χ1) is 12.3. The highest BCUT2D eigenvalue weighted by atomic mass is 32.2. The number of pyridine rings is 1. The van der Waals surface area contributed by atoms with Crippen molar-refractivity contribution in [3.63, 3.8) is 0 Å². The lowest BCUT2D eigenvalue weighted by Gasteiger charge is -2.23. The maximum absolute atomic E-state index is 13.0. The Labute approximate surface area is 156 Å². The number of aromatic nitrogens is 1. The maximum atomic E-state index is 13.0. The maximum Gasteiger partial charge on any atom is 0.407 e. The molecule has 26 heavy (non-hydrogen) atoms. The molecule has 0 bridgehead atoms. The minimum absolute atomic E-state index is 0.128. The van der Waals surface area contributed by atoms with Gasteiger partial charge < -0.3 is 10.1 Å². The summed E-state index contributed by atoms with van der Waals surface area (Å²) in [7, 11) is 0. The Hall–Kier alpha value is -2.54. The molecule has 0 fully saturated rings. The van der Waals surface area contributed by atoms with Crippen LogP contribution in [0.5, 0.6) is 0 Å². The number of hydrogen-bond acceptors (Lipinski definition) is 5. The van der Waals surface area contributed by atoms with Crippen LogP contribution in [0.25, 0.3) is 0 Å². The predicted molar refractivity (Wildman–Crippen MR) is 101 cm³/mol. The van der Waals surface area contributed by atoms with Crippen LogP contribution in [0, 0.1) is 0 Å². The van der Waals surface area contributed by atoms with Gasteiger partial charge in [-0.3, -0.25) is 9.69 Å². The summed E-state index contributed by atoms with van der Waals surface area (Å²) in [5, 5.41) is 2.69. The Kier molecular flexibility index (Phi) is 5.18. The average Bonchev–Trinajstić information content (AvgIpc) is 2.69. The molecule has 0 radical (unpaired) electrons. The van der Waals surface area contributed by atoms with E-state index in [0.717, 1.165) is 9.79 Å². The third-order valence-electron chi connectivity index (χ3n) is 3.59. The second kappa shape index (κ2) is 7.37. The minimum Gasteiger partial charge on any atom is -0.444 e. The van der Waals surface area contributed by atoms with Gasteiger partial charge in [0.05, 0.1) is 10.5 Å². The van der Waals surface area contributed by atoms with Gasteiger partial charge in [-0.25, -0.2) is 9.78 Å². The number of anilines is 1. The fourth-order valence-electron chi connectivity index (χ4n) is 2.55. The van der Waals surface area contributed by atoms with Crippen molar-refractivity contribution in [3.05, 3.63) is 48.2 Å². The molecule has 0 atom stereocenters. The van der Waals surface area contributed by atoms with E-state index in [-0.39, 0.29) is 12.5 Å². The first-order valence-electron chi connectivity index (χ1n) is 8.36. The third-order valence-corrected chi connectivity index (χ3v) is 4.71. The standard InChI is InChI=1S/C19H21N3O3S/c1-19(2,3)25-18(24)21-11-12-22-16-15(9-6-10-20-16)26-14-8-5-4-7-13(14)17(22)23/h4-10H,11-12H2,1-3H3,(H,21,24). The molecule has 2 aromatic rings. The Morgan fingerprint density at radius 3 is 2.69 bits per heavy atom. The molecular formula is C19H21N3O3S. The molecule has 0 saturated heterocycles. The summed E-state index contributed by atoms with van der Waals surface area (Å²) in [6, 6.07) is 11.3. The lowest BCUT2D eigenvalue weighted by molar-refractivity contribution is 0.0528. The fourth-order valence-corrected chi connectivity index (χ4v) is 3.60. The van der Waals surface area contributed by atoms with Gasteiger partial charge in [0.1, 0.15) is 11.4 Å². The molecule has 1 aromatic carbocycles. The summed E-state index contributed by atoms with van der Waals surface area (Å²) < 4.78 is 5.23. The van der Waals surface area contributed by atoms with Crippen molar-refractivity contribution >= 4 is 29.6 Å². The summed E-state index contributed by atoms with van der Waals surface area (Å²) in [6.07, 6.45) is 1.16. The summed E-state index contributed by atoms with van der Waals surface area (Å²) in [6.45, 7) is 5.98. The van der Waals surface area contributed by atoms with Gasteiger partial charge in [-0.2, -0.15) is 0 Å². The predicted octanol–water partition coefficient (Wildman–Crippen LogP) is 3.72. The number of fused-ring (bicyclic) bond motifs is 2. The molecule has 0 aliphatic carbocycles. The number of nitrogens with zero attached hydrogens (tertiary/aromatic N) is 2. The molecule has 2 amide bonds. The molecular weight excluding hydrogens is 350 g/mol. The SMILES string of the molecule is CC(C)(C)OC(=O)NCCN1C(=O)c2ccccc2Sc2cccnc21. The Morgan fingerprint density at radius 2 is 1.92 bits per heavy atom. The van der Waals surface area contributed by atoms with Crippen molar-refractivity contribution < 1.29 is 14.3 Å². The summed E-state index contributed by atoms with van der Waals surface area (Å²) in [4.78, 5) is 32.7. The number of nitrogens with one attached hydrogen (secondary N) is 1. The zero-order valence-electron chi connectivity index (χ0n) is 15.0. The van der Waals surface area contributed by atoms with Crippen molar-refractivity contribution in [3.8, 4) is 0 Å². The molecule has 0 saturated carbocycles. The van der Waals surface area contributed by atoms with Gasteiger partial charge in [-0.15, -0.1) is 0 Å². The zero-order valence-corrected chi connectivity index (χ0v) is 15.8. The Balaban J connectivity index is 1.79. The van der Waals surface area contributed by atoms with Gasteiger partial charge in [0.15, 0.2) is 0 Å². The van der Waals surface area contributed by atoms with E-state index < -0.39 is 11.7 Å². The van der Waals surface area contributed by atoms with Crippen molar-refractivity contribution in [2.24, 2.45) is 0 Å². The van der Waals surface area contributed by atoms with Crippen LogP contribution in [0.2, 0.25) is 0 Å². The molecule has 0 spiro atoms. The molecule has 6 nitrogen and oxygen atoms in total. The van der Waals surface area contributed by atoms with Gasteiger partial charge >= 0.3 is 6.09 Å². The molecule has 1 aromatic heterocycles. The zero-order chi connectivity index (χ0) is 18.7. The number of carbonyl (C=O) groups is 2. The van der Waals surface area contributed by atoms with Crippen LogP contribution in [0.3, 0.4) is 0 Å². The van der Waals surface area contributed by atoms with Crippen LogP contribution in [-0.4, -0.2) is 35.7 Å². The van der Waals surface area contributed by atoms with Crippen LogP contribution >= 0.6 is 11.8 Å². The molecule has 0 unspecified atom stereocenters. The average molecular weight is 371 g/mol. The van der Waals surface area contributed by atoms with Gasteiger partial charge in [-0.05, 0) is 45.0 Å². The van der Waals surface area contributed by atoms with E-state index in [1.165, 1.54) is 11.8 Å². The highest BCUT2D eigenvalue weighted by molar-refractivity contribution is 7.99. The van der Waals surface area contributed by atoms with Crippen molar-refractivity contribution in [2.45, 2.75) is 36.2 Å². The number of amides is 2. The first kappa shape index (κ1) is 18.3. The Morgan fingerprint density at radius 1 is 1.19 bits per heavy atom. The lowest BCUT2D eigenvalue weighted by atomic mass is 10.2. The van der Waals surface area contributed by atoms with Crippen LogP contribution in [0.15, 0.2) is 52.4 Å². The Bertz CT molecular complexity index is 833. The van der Waals surface area contributed by atoms with Gasteiger partial charge in [0, 0.05) is 24.2 Å². The van der Waals surface area contributed by atoms with E-state index in [0.29, 0.717) is 17.9 Å². The molecule has 1 N–H and O–H groups in total. The van der Waals surface area contributed by atoms with Crippen LogP contribution in [0.1, 0.15) is 31.1 Å². The second-order valence-corrected chi connectivity index (χ2v) is 7.89. The molecule has 136 valence electrons. The number of hydrogen-bond donors (Lipinski definition) is 1.